The van der Waals surface area contributed by atoms with E-state index in [1.54, 1.807) is 0 Å². The van der Waals surface area contributed by atoms with Gasteiger partial charge in [0.1, 0.15) is 17.1 Å². The molecule has 0 spiro atoms. The normalized spacial score (nSPS) is 24.1. The van der Waals surface area contributed by atoms with E-state index in [1.165, 1.54) is 24.0 Å². The minimum Gasteiger partial charge on any atom is -0.508 e. The van der Waals surface area contributed by atoms with Crippen molar-refractivity contribution >= 4 is 0 Å². The van der Waals surface area contributed by atoms with E-state index in [1.807, 2.05) is 6.07 Å². The lowest BCUT2D eigenvalue weighted by Gasteiger charge is -2.47. The highest BCUT2D eigenvalue weighted by Crippen LogP contribution is 2.54. The van der Waals surface area contributed by atoms with Crippen molar-refractivity contribution in [3.8, 4) is 11.5 Å². The van der Waals surface area contributed by atoms with Crippen LogP contribution >= 0.6 is 0 Å². The van der Waals surface area contributed by atoms with E-state index >= 15 is 0 Å². The van der Waals surface area contributed by atoms with Gasteiger partial charge >= 0.3 is 0 Å². The Hall–Kier alpha value is -1.48. The number of phenolic OH excluding ortho intramolecular Hbond substituents is 1. The Morgan fingerprint density at radius 1 is 1.20 bits per heavy atom. The van der Waals surface area contributed by atoms with Crippen molar-refractivity contribution in [1.82, 2.24) is 0 Å². The third-order valence-electron chi connectivity index (χ3n) is 5.98. The molecule has 0 unspecified atom stereocenters. The molecule has 1 aromatic carbocycles. The fourth-order valence-electron chi connectivity index (χ4n) is 4.59. The summed E-state index contributed by atoms with van der Waals surface area (Å²) in [6, 6.07) is 4.14. The highest BCUT2D eigenvalue weighted by molar-refractivity contribution is 5.52. The summed E-state index contributed by atoms with van der Waals surface area (Å²) in [5.74, 6) is 2.12. The summed E-state index contributed by atoms with van der Waals surface area (Å²) in [5, 5.41) is 10.8. The molecule has 0 aromatic heterocycles. The number of rotatable bonds is 6. The molecule has 0 fully saturated rings. The second kappa shape index (κ2) is 7.41. The van der Waals surface area contributed by atoms with Crippen molar-refractivity contribution in [3.05, 3.63) is 34.9 Å². The largest absolute Gasteiger partial charge is 0.508 e. The molecular weight excluding hydrogens is 310 g/mol. The molecule has 3 nitrogen and oxygen atoms in total. The van der Waals surface area contributed by atoms with Gasteiger partial charge in [0.15, 0.2) is 0 Å². The van der Waals surface area contributed by atoms with Crippen LogP contribution in [0.15, 0.2) is 23.8 Å². The first-order valence-electron chi connectivity index (χ1n) is 9.83. The topological polar surface area (TPSA) is 55.5 Å². The Morgan fingerprint density at radius 3 is 2.72 bits per heavy atom. The summed E-state index contributed by atoms with van der Waals surface area (Å²) in [7, 11) is 0. The minimum atomic E-state index is -0.193. The van der Waals surface area contributed by atoms with E-state index in [0.717, 1.165) is 50.0 Å². The third-order valence-corrected chi connectivity index (χ3v) is 5.98. The van der Waals surface area contributed by atoms with Gasteiger partial charge in [0.05, 0.1) is 0 Å². The van der Waals surface area contributed by atoms with E-state index in [0.29, 0.717) is 17.6 Å². The highest BCUT2D eigenvalue weighted by atomic mass is 16.5. The molecule has 25 heavy (non-hydrogen) atoms. The number of aryl methyl sites for hydroxylation is 1. The molecule has 2 aliphatic rings. The smallest absolute Gasteiger partial charge is 0.127 e. The Labute approximate surface area is 152 Å². The fourth-order valence-corrected chi connectivity index (χ4v) is 4.59. The summed E-state index contributed by atoms with van der Waals surface area (Å²) in [6.45, 7) is 7.36. The molecule has 138 valence electrons. The van der Waals surface area contributed by atoms with Crippen molar-refractivity contribution in [1.29, 1.82) is 0 Å². The van der Waals surface area contributed by atoms with Crippen LogP contribution in [0.3, 0.4) is 0 Å². The van der Waals surface area contributed by atoms with Crippen LogP contribution in [0.2, 0.25) is 0 Å². The maximum atomic E-state index is 10.8. The zero-order valence-electron chi connectivity index (χ0n) is 16.0. The van der Waals surface area contributed by atoms with Crippen LogP contribution in [0.1, 0.15) is 76.3 Å². The van der Waals surface area contributed by atoms with Crippen LogP contribution in [0.25, 0.3) is 0 Å². The lowest BCUT2D eigenvalue weighted by molar-refractivity contribution is 0.00753. The first kappa shape index (κ1) is 18.3. The Balaban J connectivity index is 1.82. The van der Waals surface area contributed by atoms with Gasteiger partial charge in [-0.1, -0.05) is 24.5 Å². The number of nitrogens with two attached hydrogens (primary N) is 1. The minimum absolute atomic E-state index is 0.193. The van der Waals surface area contributed by atoms with Gasteiger partial charge in [-0.3, -0.25) is 0 Å². The van der Waals surface area contributed by atoms with Crippen LogP contribution < -0.4 is 10.5 Å². The quantitative estimate of drug-likeness (QED) is 0.560. The van der Waals surface area contributed by atoms with Crippen molar-refractivity contribution in [2.75, 3.05) is 6.54 Å². The number of benzene rings is 1. The first-order chi connectivity index (χ1) is 11.9. The van der Waals surface area contributed by atoms with Gasteiger partial charge in [0, 0.05) is 17.4 Å². The molecule has 0 bridgehead atoms. The van der Waals surface area contributed by atoms with Gasteiger partial charge in [0.2, 0.25) is 0 Å². The number of ether oxygens (including phenoxy) is 1. The van der Waals surface area contributed by atoms with E-state index in [4.69, 9.17) is 10.5 Å². The SMILES string of the molecule is CC1=CC[C@@H]2[C@@H](C1)c1c(O)cc(CCCCCCN)cc1OC2(C)C. The van der Waals surface area contributed by atoms with Gasteiger partial charge in [0.25, 0.3) is 0 Å². The molecule has 1 aliphatic heterocycles. The molecule has 0 amide bonds. The number of hydrogen-bond donors (Lipinski definition) is 2. The molecule has 0 saturated heterocycles. The van der Waals surface area contributed by atoms with E-state index in [9.17, 15) is 5.11 Å². The van der Waals surface area contributed by atoms with Crippen molar-refractivity contribution in [2.24, 2.45) is 11.7 Å². The lowest BCUT2D eigenvalue weighted by atomic mass is 9.67. The number of aromatic hydroxyl groups is 1. The highest BCUT2D eigenvalue weighted by Gasteiger charge is 2.45. The predicted octanol–water partition coefficient (Wildman–Crippen LogP) is 5.06. The van der Waals surface area contributed by atoms with Crippen molar-refractivity contribution in [3.63, 3.8) is 0 Å². The Kier molecular flexibility index (Phi) is 5.43. The average Bonchev–Trinajstić information content (AvgIpc) is 2.53. The van der Waals surface area contributed by atoms with Gasteiger partial charge in [-0.25, -0.2) is 0 Å². The predicted molar refractivity (Wildman–Crippen MR) is 103 cm³/mol. The number of allylic oxidation sites excluding steroid dienone is 2. The van der Waals surface area contributed by atoms with E-state index < -0.39 is 0 Å². The summed E-state index contributed by atoms with van der Waals surface area (Å²) in [6.07, 6.45) is 9.99. The molecule has 1 aliphatic carbocycles. The van der Waals surface area contributed by atoms with E-state index in [2.05, 4.69) is 32.9 Å². The number of phenols is 1. The van der Waals surface area contributed by atoms with Gasteiger partial charge in [-0.15, -0.1) is 0 Å². The molecule has 2 atom stereocenters. The fraction of sp³-hybridized carbons (Fsp3) is 0.636. The van der Waals surface area contributed by atoms with Gasteiger partial charge < -0.3 is 15.6 Å². The molecular formula is C22H33NO2. The number of unbranched alkanes of at least 4 members (excludes halogenated alkanes) is 3. The monoisotopic (exact) mass is 343 g/mol. The molecule has 3 heteroatoms. The molecule has 3 N–H and O–H groups in total. The lowest BCUT2D eigenvalue weighted by Crippen LogP contribution is -2.45. The molecule has 0 saturated carbocycles. The molecule has 0 radical (unpaired) electrons. The first-order valence-corrected chi connectivity index (χ1v) is 9.83. The standard InChI is InChI=1S/C22H33NO2/c1-15-9-10-18-17(12-15)21-19(24)13-16(8-6-4-5-7-11-23)14-20(21)25-22(18,2)3/h9,13-14,17-18,24H,4-8,10-12,23H2,1-3H3/t17-,18-/m1/s1. The summed E-state index contributed by atoms with van der Waals surface area (Å²) < 4.78 is 6.38. The average molecular weight is 344 g/mol. The maximum Gasteiger partial charge on any atom is 0.127 e. The second-order valence-electron chi connectivity index (χ2n) is 8.39. The van der Waals surface area contributed by atoms with Gasteiger partial charge in [-0.2, -0.15) is 0 Å². The van der Waals surface area contributed by atoms with Crippen LogP contribution in [0, 0.1) is 5.92 Å². The van der Waals surface area contributed by atoms with E-state index in [-0.39, 0.29) is 5.60 Å². The number of hydrogen-bond acceptors (Lipinski definition) is 3. The third kappa shape index (κ3) is 3.87. The molecule has 3 rings (SSSR count). The van der Waals surface area contributed by atoms with Crippen molar-refractivity contribution < 1.29 is 9.84 Å². The van der Waals surface area contributed by atoms with Gasteiger partial charge in [-0.05, 0) is 77.1 Å². The van der Waals surface area contributed by atoms with Crippen LogP contribution in [-0.4, -0.2) is 17.3 Å². The Bertz CT molecular complexity index is 648. The summed E-state index contributed by atoms with van der Waals surface area (Å²) in [5.41, 5.74) is 9.00. The summed E-state index contributed by atoms with van der Waals surface area (Å²) in [4.78, 5) is 0. The van der Waals surface area contributed by atoms with Crippen molar-refractivity contribution in [2.45, 2.75) is 77.2 Å². The second-order valence-corrected chi connectivity index (χ2v) is 8.39. The van der Waals surface area contributed by atoms with Crippen LogP contribution in [0.4, 0.5) is 0 Å². The van der Waals surface area contributed by atoms with Crippen LogP contribution in [0.5, 0.6) is 11.5 Å². The zero-order chi connectivity index (χ0) is 18.0. The van der Waals surface area contributed by atoms with Crippen LogP contribution in [-0.2, 0) is 6.42 Å². The Morgan fingerprint density at radius 2 is 1.96 bits per heavy atom. The number of fused-ring (bicyclic) bond motifs is 3. The summed E-state index contributed by atoms with van der Waals surface area (Å²) >= 11 is 0. The molecule has 1 aromatic rings. The molecule has 1 heterocycles. The maximum absolute atomic E-state index is 10.8. The zero-order valence-corrected chi connectivity index (χ0v) is 16.0.